The van der Waals surface area contributed by atoms with Gasteiger partial charge >= 0.3 is 5.97 Å². The fourth-order valence-electron chi connectivity index (χ4n) is 2.32. The molecule has 1 aromatic rings. The number of carbonyl (C=O) groups excluding carboxylic acids is 1. The number of esters is 1. The van der Waals surface area contributed by atoms with Crippen molar-refractivity contribution in [3.63, 3.8) is 0 Å². The molecular weight excluding hydrogens is 332 g/mol. The van der Waals surface area contributed by atoms with Gasteiger partial charge in [-0.3, -0.25) is 9.79 Å². The SMILES string of the molecule is CCCCCCCCOC(=O)C(C#N)C=Nc1cc(OC)cc(OC)c1. The fraction of sp³-hybridized carbons (Fsp3) is 0.550. The third-order valence-corrected chi connectivity index (χ3v) is 3.84. The average molecular weight is 360 g/mol. The zero-order chi connectivity index (χ0) is 19.2. The first-order chi connectivity index (χ1) is 12.6. The number of nitrogens with zero attached hydrogens (tertiary/aromatic N) is 2. The number of hydrogen-bond donors (Lipinski definition) is 0. The smallest absolute Gasteiger partial charge is 0.328 e. The van der Waals surface area contributed by atoms with Gasteiger partial charge in [-0.15, -0.1) is 0 Å². The molecule has 0 spiro atoms. The molecule has 26 heavy (non-hydrogen) atoms. The third-order valence-electron chi connectivity index (χ3n) is 3.84. The highest BCUT2D eigenvalue weighted by Crippen LogP contribution is 2.27. The van der Waals surface area contributed by atoms with Crippen molar-refractivity contribution >= 4 is 17.9 Å². The second-order valence-electron chi connectivity index (χ2n) is 5.89. The molecule has 6 heteroatoms. The molecule has 0 saturated heterocycles. The summed E-state index contributed by atoms with van der Waals surface area (Å²) in [5.74, 6) is -0.446. The summed E-state index contributed by atoms with van der Waals surface area (Å²) in [6.45, 7) is 2.51. The van der Waals surface area contributed by atoms with Crippen LogP contribution in [-0.2, 0) is 9.53 Å². The molecule has 0 radical (unpaired) electrons. The molecule has 1 atom stereocenters. The Morgan fingerprint density at radius 1 is 1.12 bits per heavy atom. The molecule has 1 aromatic carbocycles. The van der Waals surface area contributed by atoms with Crippen molar-refractivity contribution in [2.75, 3.05) is 20.8 Å². The van der Waals surface area contributed by atoms with E-state index < -0.39 is 11.9 Å². The molecule has 0 fully saturated rings. The van der Waals surface area contributed by atoms with Crippen LogP contribution >= 0.6 is 0 Å². The van der Waals surface area contributed by atoms with Gasteiger partial charge in [0.15, 0.2) is 5.92 Å². The van der Waals surface area contributed by atoms with E-state index in [2.05, 4.69) is 11.9 Å². The minimum absolute atomic E-state index is 0.337. The highest BCUT2D eigenvalue weighted by Gasteiger charge is 2.17. The van der Waals surface area contributed by atoms with Gasteiger partial charge in [0.2, 0.25) is 0 Å². The van der Waals surface area contributed by atoms with Crippen LogP contribution in [0.5, 0.6) is 11.5 Å². The van der Waals surface area contributed by atoms with Gasteiger partial charge in [-0.05, 0) is 6.42 Å². The van der Waals surface area contributed by atoms with Crippen LogP contribution < -0.4 is 9.47 Å². The van der Waals surface area contributed by atoms with Crippen LogP contribution in [0.1, 0.15) is 45.4 Å². The van der Waals surface area contributed by atoms with E-state index in [1.165, 1.54) is 25.5 Å². The Labute approximate surface area is 155 Å². The number of aliphatic imine (C=N–C) groups is 1. The largest absolute Gasteiger partial charge is 0.497 e. The molecule has 1 unspecified atom stereocenters. The minimum Gasteiger partial charge on any atom is -0.497 e. The summed E-state index contributed by atoms with van der Waals surface area (Å²) in [6, 6.07) is 7.01. The molecule has 0 bridgehead atoms. The molecule has 142 valence electrons. The molecule has 0 aromatic heterocycles. The van der Waals surface area contributed by atoms with Gasteiger partial charge in [-0.1, -0.05) is 39.0 Å². The number of methoxy groups -OCH3 is 2. The Kier molecular flexibility index (Phi) is 10.5. The predicted octanol–water partition coefficient (Wildman–Crippen LogP) is 4.45. The summed E-state index contributed by atoms with van der Waals surface area (Å²) in [7, 11) is 3.08. The number of ether oxygens (including phenoxy) is 3. The quantitative estimate of drug-likeness (QED) is 0.312. The van der Waals surface area contributed by atoms with E-state index in [9.17, 15) is 10.1 Å². The second-order valence-corrected chi connectivity index (χ2v) is 5.89. The Hall–Kier alpha value is -2.55. The molecule has 0 amide bonds. The zero-order valence-electron chi connectivity index (χ0n) is 15.9. The number of unbranched alkanes of at least 4 members (excludes halogenated alkanes) is 5. The molecule has 0 N–H and O–H groups in total. The highest BCUT2D eigenvalue weighted by molar-refractivity contribution is 5.93. The van der Waals surface area contributed by atoms with Gasteiger partial charge in [0.1, 0.15) is 11.5 Å². The standard InChI is InChI=1S/C20H28N2O4/c1-4-5-6-7-8-9-10-26-20(23)16(14-21)15-22-17-11-18(24-2)13-19(12-17)25-3/h11-13,15-16H,4-10H2,1-3H3. The highest BCUT2D eigenvalue weighted by atomic mass is 16.5. The molecule has 0 aliphatic heterocycles. The Balaban J connectivity index is 2.51. The molecule has 0 aliphatic carbocycles. The van der Waals surface area contributed by atoms with Crippen LogP contribution in [0.25, 0.3) is 0 Å². The predicted molar refractivity (Wildman–Crippen MR) is 101 cm³/mol. The first-order valence-corrected chi connectivity index (χ1v) is 8.98. The topological polar surface area (TPSA) is 80.9 Å². The summed E-state index contributed by atoms with van der Waals surface area (Å²) >= 11 is 0. The average Bonchev–Trinajstić information content (AvgIpc) is 2.67. The van der Waals surface area contributed by atoms with Crippen molar-refractivity contribution in [2.24, 2.45) is 10.9 Å². The van der Waals surface area contributed by atoms with E-state index in [0.717, 1.165) is 19.3 Å². The van der Waals surface area contributed by atoms with Crippen LogP contribution in [-0.4, -0.2) is 33.0 Å². The Bertz CT molecular complexity index is 600. The summed E-state index contributed by atoms with van der Waals surface area (Å²) in [4.78, 5) is 16.2. The molecule has 0 saturated carbocycles. The Morgan fingerprint density at radius 3 is 2.31 bits per heavy atom. The lowest BCUT2D eigenvalue weighted by molar-refractivity contribution is -0.144. The second kappa shape index (κ2) is 12.8. The number of nitriles is 1. The van der Waals surface area contributed by atoms with Gasteiger partial charge in [0, 0.05) is 24.4 Å². The van der Waals surface area contributed by atoms with E-state index in [1.54, 1.807) is 32.4 Å². The maximum absolute atomic E-state index is 12.0. The monoisotopic (exact) mass is 360 g/mol. The van der Waals surface area contributed by atoms with Crippen molar-refractivity contribution < 1.29 is 19.0 Å². The maximum atomic E-state index is 12.0. The number of benzene rings is 1. The lowest BCUT2D eigenvalue weighted by Gasteiger charge is -2.07. The van der Waals surface area contributed by atoms with Crippen molar-refractivity contribution in [3.05, 3.63) is 18.2 Å². The minimum atomic E-state index is -1.03. The van der Waals surface area contributed by atoms with Crippen molar-refractivity contribution in [1.29, 1.82) is 5.26 Å². The van der Waals surface area contributed by atoms with E-state index >= 15 is 0 Å². The zero-order valence-corrected chi connectivity index (χ0v) is 15.9. The van der Waals surface area contributed by atoms with E-state index in [1.807, 2.05) is 6.07 Å². The molecule has 1 rings (SSSR count). The Morgan fingerprint density at radius 2 is 1.73 bits per heavy atom. The number of hydrogen-bond acceptors (Lipinski definition) is 6. The van der Waals surface area contributed by atoms with E-state index in [4.69, 9.17) is 14.2 Å². The maximum Gasteiger partial charge on any atom is 0.328 e. The number of rotatable bonds is 12. The van der Waals surface area contributed by atoms with Gasteiger partial charge in [-0.25, -0.2) is 0 Å². The van der Waals surface area contributed by atoms with Crippen molar-refractivity contribution in [2.45, 2.75) is 45.4 Å². The molecular formula is C20H28N2O4. The van der Waals surface area contributed by atoms with Crippen LogP contribution in [0.4, 0.5) is 5.69 Å². The molecule has 0 heterocycles. The molecule has 0 aliphatic rings. The fourth-order valence-corrected chi connectivity index (χ4v) is 2.32. The summed E-state index contributed by atoms with van der Waals surface area (Å²) in [6.07, 6.45) is 7.94. The van der Waals surface area contributed by atoms with Crippen LogP contribution in [0.15, 0.2) is 23.2 Å². The summed E-state index contributed by atoms with van der Waals surface area (Å²) in [5, 5.41) is 9.18. The van der Waals surface area contributed by atoms with E-state index in [-0.39, 0.29) is 0 Å². The van der Waals surface area contributed by atoms with Crippen LogP contribution in [0, 0.1) is 17.2 Å². The first-order valence-electron chi connectivity index (χ1n) is 8.98. The van der Waals surface area contributed by atoms with Gasteiger partial charge in [0.25, 0.3) is 0 Å². The van der Waals surface area contributed by atoms with Crippen molar-refractivity contribution in [1.82, 2.24) is 0 Å². The summed E-state index contributed by atoms with van der Waals surface area (Å²) < 4.78 is 15.5. The van der Waals surface area contributed by atoms with Gasteiger partial charge in [0.05, 0.1) is 32.6 Å². The van der Waals surface area contributed by atoms with Crippen molar-refractivity contribution in [3.8, 4) is 17.6 Å². The summed E-state index contributed by atoms with van der Waals surface area (Å²) in [5.41, 5.74) is 0.533. The van der Waals surface area contributed by atoms with Crippen LogP contribution in [0.3, 0.4) is 0 Å². The van der Waals surface area contributed by atoms with E-state index in [0.29, 0.717) is 23.8 Å². The van der Waals surface area contributed by atoms with Gasteiger partial charge < -0.3 is 14.2 Å². The van der Waals surface area contributed by atoms with Crippen LogP contribution in [0.2, 0.25) is 0 Å². The first kappa shape index (κ1) is 21.5. The molecule has 6 nitrogen and oxygen atoms in total. The lowest BCUT2D eigenvalue weighted by atomic mass is 10.1. The third kappa shape index (κ3) is 8.02. The van der Waals surface area contributed by atoms with Gasteiger partial charge in [-0.2, -0.15) is 5.26 Å². The lowest BCUT2D eigenvalue weighted by Crippen LogP contribution is -2.18. The normalized spacial score (nSPS) is 11.8. The number of carbonyl (C=O) groups is 1.